The van der Waals surface area contributed by atoms with Crippen LogP contribution in [0.2, 0.25) is 5.02 Å². The first-order valence-corrected chi connectivity index (χ1v) is 8.34. The molecule has 0 aliphatic carbocycles. The number of rotatable bonds is 4. The zero-order valence-corrected chi connectivity index (χ0v) is 13.9. The van der Waals surface area contributed by atoms with Crippen molar-refractivity contribution in [3.8, 4) is 0 Å². The zero-order chi connectivity index (χ0) is 13.9. The maximum Gasteiger partial charge on any atom is 0.0636 e. The van der Waals surface area contributed by atoms with Gasteiger partial charge in [0, 0.05) is 32.5 Å². The average molecular weight is 367 g/mol. The van der Waals surface area contributed by atoms with E-state index in [1.165, 1.54) is 15.1 Å². The van der Waals surface area contributed by atoms with Crippen molar-refractivity contribution in [3.63, 3.8) is 0 Å². The van der Waals surface area contributed by atoms with Crippen LogP contribution in [0.15, 0.2) is 53.0 Å². The van der Waals surface area contributed by atoms with Gasteiger partial charge in [0.05, 0.1) is 5.02 Å². The van der Waals surface area contributed by atoms with E-state index < -0.39 is 0 Å². The molecule has 1 heterocycles. The van der Waals surface area contributed by atoms with Crippen LogP contribution in [-0.2, 0) is 13.1 Å². The summed E-state index contributed by atoms with van der Waals surface area (Å²) in [6.07, 6.45) is 0. The Bertz CT molecular complexity index is 721. The molecule has 0 radical (unpaired) electrons. The molecule has 0 unspecified atom stereocenters. The van der Waals surface area contributed by atoms with E-state index in [9.17, 15) is 0 Å². The predicted molar refractivity (Wildman–Crippen MR) is 91.5 cm³/mol. The Kier molecular flexibility index (Phi) is 4.41. The van der Waals surface area contributed by atoms with Crippen LogP contribution in [0, 0.1) is 0 Å². The van der Waals surface area contributed by atoms with Gasteiger partial charge < -0.3 is 5.32 Å². The van der Waals surface area contributed by atoms with E-state index in [0.717, 1.165) is 28.0 Å². The van der Waals surface area contributed by atoms with Gasteiger partial charge in [-0.25, -0.2) is 0 Å². The zero-order valence-electron chi connectivity index (χ0n) is 10.7. The van der Waals surface area contributed by atoms with Crippen LogP contribution in [0.25, 0.3) is 10.1 Å². The highest BCUT2D eigenvalue weighted by molar-refractivity contribution is 9.10. The minimum Gasteiger partial charge on any atom is -0.308 e. The summed E-state index contributed by atoms with van der Waals surface area (Å²) in [6, 6.07) is 16.6. The molecular weight excluding hydrogens is 354 g/mol. The predicted octanol–water partition coefficient (Wildman–Crippen LogP) is 5.61. The molecule has 0 atom stereocenters. The lowest BCUT2D eigenvalue weighted by molar-refractivity contribution is 0.701. The molecule has 2 aromatic carbocycles. The van der Waals surface area contributed by atoms with Gasteiger partial charge in [-0.05, 0) is 23.8 Å². The Morgan fingerprint density at radius 3 is 2.50 bits per heavy atom. The van der Waals surface area contributed by atoms with Crippen LogP contribution < -0.4 is 5.32 Å². The summed E-state index contributed by atoms with van der Waals surface area (Å²) in [5.41, 5.74) is 1.27. The van der Waals surface area contributed by atoms with Crippen molar-refractivity contribution in [2.24, 2.45) is 0 Å². The van der Waals surface area contributed by atoms with Crippen molar-refractivity contribution >= 4 is 49.0 Å². The van der Waals surface area contributed by atoms with E-state index in [0.29, 0.717) is 0 Å². The van der Waals surface area contributed by atoms with Crippen molar-refractivity contribution in [1.29, 1.82) is 0 Å². The molecule has 0 fully saturated rings. The minimum atomic E-state index is 0.800. The molecule has 20 heavy (non-hydrogen) atoms. The molecule has 1 N–H and O–H groups in total. The van der Waals surface area contributed by atoms with Gasteiger partial charge in [0.2, 0.25) is 0 Å². The smallest absolute Gasteiger partial charge is 0.0636 e. The van der Waals surface area contributed by atoms with Gasteiger partial charge in [0.1, 0.15) is 0 Å². The fraction of sp³-hybridized carbons (Fsp3) is 0.125. The fourth-order valence-electron chi connectivity index (χ4n) is 2.10. The second-order valence-corrected chi connectivity index (χ2v) is 7.00. The van der Waals surface area contributed by atoms with Crippen LogP contribution in [0.5, 0.6) is 0 Å². The van der Waals surface area contributed by atoms with E-state index in [1.807, 2.05) is 12.1 Å². The largest absolute Gasteiger partial charge is 0.308 e. The van der Waals surface area contributed by atoms with Crippen molar-refractivity contribution in [3.05, 3.63) is 68.5 Å². The molecule has 3 rings (SSSR count). The maximum atomic E-state index is 6.42. The fourth-order valence-corrected chi connectivity index (χ4v) is 3.83. The molecule has 0 amide bonds. The van der Waals surface area contributed by atoms with E-state index in [1.54, 1.807) is 11.3 Å². The number of hydrogen-bond acceptors (Lipinski definition) is 2. The van der Waals surface area contributed by atoms with Gasteiger partial charge in [-0.1, -0.05) is 57.9 Å². The molecule has 0 bridgehead atoms. The topological polar surface area (TPSA) is 12.0 Å². The molecule has 0 aliphatic rings. The van der Waals surface area contributed by atoms with Gasteiger partial charge >= 0.3 is 0 Å². The normalized spacial score (nSPS) is 11.1. The standard InChI is InChI=1S/C16H13BrClNS/c17-12-7-5-11(6-8-12)9-19-10-15-16(18)13-3-1-2-4-14(13)20-15/h1-8,19H,9-10H2. The molecule has 0 spiro atoms. The minimum absolute atomic E-state index is 0.800. The monoisotopic (exact) mass is 365 g/mol. The summed E-state index contributed by atoms with van der Waals surface area (Å²) in [5.74, 6) is 0. The highest BCUT2D eigenvalue weighted by atomic mass is 79.9. The van der Waals surface area contributed by atoms with E-state index >= 15 is 0 Å². The van der Waals surface area contributed by atoms with Gasteiger partial charge in [-0.15, -0.1) is 11.3 Å². The van der Waals surface area contributed by atoms with Crippen molar-refractivity contribution in [2.75, 3.05) is 0 Å². The first kappa shape index (κ1) is 14.1. The lowest BCUT2D eigenvalue weighted by Crippen LogP contribution is -2.11. The number of nitrogens with one attached hydrogen (secondary N) is 1. The summed E-state index contributed by atoms with van der Waals surface area (Å²) in [6.45, 7) is 1.64. The molecule has 1 nitrogen and oxygen atoms in total. The third-order valence-electron chi connectivity index (χ3n) is 3.13. The SMILES string of the molecule is Clc1c(CNCc2ccc(Br)cc2)sc2ccccc12. The number of halogens is 2. The lowest BCUT2D eigenvalue weighted by atomic mass is 10.2. The van der Waals surface area contributed by atoms with Gasteiger partial charge in [0.15, 0.2) is 0 Å². The van der Waals surface area contributed by atoms with Crippen molar-refractivity contribution in [1.82, 2.24) is 5.32 Å². The maximum absolute atomic E-state index is 6.42. The number of thiophene rings is 1. The molecule has 0 aliphatic heterocycles. The Labute approximate surface area is 135 Å². The van der Waals surface area contributed by atoms with Gasteiger partial charge in [0.25, 0.3) is 0 Å². The summed E-state index contributed by atoms with van der Waals surface area (Å²) < 4.78 is 2.35. The first-order chi connectivity index (χ1) is 9.74. The van der Waals surface area contributed by atoms with Crippen molar-refractivity contribution in [2.45, 2.75) is 13.1 Å². The molecular formula is C16H13BrClNS. The van der Waals surface area contributed by atoms with E-state index in [-0.39, 0.29) is 0 Å². The molecule has 102 valence electrons. The van der Waals surface area contributed by atoms with Gasteiger partial charge in [-0.2, -0.15) is 0 Å². The summed E-state index contributed by atoms with van der Waals surface area (Å²) in [4.78, 5) is 1.20. The number of benzene rings is 2. The number of hydrogen-bond donors (Lipinski definition) is 1. The Balaban J connectivity index is 1.68. The highest BCUT2D eigenvalue weighted by Gasteiger charge is 2.08. The molecule has 1 aromatic heterocycles. The average Bonchev–Trinajstić information content (AvgIpc) is 2.78. The summed E-state index contributed by atoms with van der Waals surface area (Å²) in [5, 5.41) is 5.49. The second-order valence-electron chi connectivity index (χ2n) is 4.57. The van der Waals surface area contributed by atoms with Crippen LogP contribution >= 0.6 is 38.9 Å². The Hall–Kier alpha value is -0.870. The molecule has 3 aromatic rings. The van der Waals surface area contributed by atoms with Crippen LogP contribution in [0.1, 0.15) is 10.4 Å². The lowest BCUT2D eigenvalue weighted by Gasteiger charge is -2.04. The Morgan fingerprint density at radius 1 is 1.00 bits per heavy atom. The van der Waals surface area contributed by atoms with Gasteiger partial charge in [-0.3, -0.25) is 0 Å². The highest BCUT2D eigenvalue weighted by Crippen LogP contribution is 2.34. The molecule has 4 heteroatoms. The van der Waals surface area contributed by atoms with Crippen LogP contribution in [0.3, 0.4) is 0 Å². The molecule has 0 saturated heterocycles. The van der Waals surface area contributed by atoms with E-state index in [2.05, 4.69) is 57.6 Å². The summed E-state index contributed by atoms with van der Waals surface area (Å²) in [7, 11) is 0. The van der Waals surface area contributed by atoms with Crippen LogP contribution in [0.4, 0.5) is 0 Å². The second kappa shape index (κ2) is 6.27. The van der Waals surface area contributed by atoms with Crippen LogP contribution in [-0.4, -0.2) is 0 Å². The molecule has 0 saturated carbocycles. The Morgan fingerprint density at radius 2 is 1.75 bits per heavy atom. The third kappa shape index (κ3) is 3.07. The third-order valence-corrected chi connectivity index (χ3v) is 5.37. The van der Waals surface area contributed by atoms with E-state index in [4.69, 9.17) is 11.6 Å². The first-order valence-electron chi connectivity index (χ1n) is 6.35. The summed E-state index contributed by atoms with van der Waals surface area (Å²) >= 11 is 11.6. The number of fused-ring (bicyclic) bond motifs is 1. The quantitative estimate of drug-likeness (QED) is 0.633. The van der Waals surface area contributed by atoms with Crippen molar-refractivity contribution < 1.29 is 0 Å².